The van der Waals surface area contributed by atoms with Crippen molar-refractivity contribution in [1.29, 1.82) is 0 Å². The number of carbonyl (C=O) groups excluding carboxylic acids is 1. The minimum Gasteiger partial charge on any atom is -0.493 e. The van der Waals surface area contributed by atoms with Gasteiger partial charge in [0.1, 0.15) is 5.52 Å². The van der Waals surface area contributed by atoms with Crippen LogP contribution in [-0.4, -0.2) is 37.1 Å². The summed E-state index contributed by atoms with van der Waals surface area (Å²) >= 11 is 6.05. The highest BCUT2D eigenvalue weighted by Crippen LogP contribution is 2.41. The number of anilines is 1. The Labute approximate surface area is 198 Å². The molecule has 0 unspecified atom stereocenters. The van der Waals surface area contributed by atoms with Crippen molar-refractivity contribution < 1.29 is 28.3 Å². The molecule has 0 spiro atoms. The van der Waals surface area contributed by atoms with E-state index in [0.717, 1.165) is 6.07 Å². The second-order valence-corrected chi connectivity index (χ2v) is 7.40. The number of benzene rings is 3. The van der Waals surface area contributed by atoms with Crippen molar-refractivity contribution in [2.45, 2.75) is 0 Å². The van der Waals surface area contributed by atoms with Gasteiger partial charge >= 0.3 is 0 Å². The van der Waals surface area contributed by atoms with Crippen LogP contribution in [0.3, 0.4) is 0 Å². The van der Waals surface area contributed by atoms with Crippen molar-refractivity contribution in [1.82, 2.24) is 4.98 Å². The summed E-state index contributed by atoms with van der Waals surface area (Å²) in [5.41, 5.74) is 1.94. The van der Waals surface area contributed by atoms with Crippen LogP contribution in [0.1, 0.15) is 10.4 Å². The topological polar surface area (TPSA) is 126 Å². The fourth-order valence-corrected chi connectivity index (χ4v) is 3.59. The molecule has 0 saturated heterocycles. The predicted octanol–water partition coefficient (Wildman–Crippen LogP) is 5.33. The molecule has 174 valence electrons. The zero-order valence-corrected chi connectivity index (χ0v) is 19.0. The second-order valence-electron chi connectivity index (χ2n) is 6.99. The van der Waals surface area contributed by atoms with Crippen LogP contribution in [0, 0.1) is 10.1 Å². The van der Waals surface area contributed by atoms with Crippen molar-refractivity contribution in [2.24, 2.45) is 0 Å². The van der Waals surface area contributed by atoms with Gasteiger partial charge in [-0.05, 0) is 36.4 Å². The molecule has 0 saturated carbocycles. The van der Waals surface area contributed by atoms with Gasteiger partial charge < -0.3 is 23.9 Å². The second kappa shape index (κ2) is 9.28. The number of aromatic nitrogens is 1. The zero-order chi connectivity index (χ0) is 24.4. The fourth-order valence-electron chi connectivity index (χ4n) is 3.33. The van der Waals surface area contributed by atoms with Crippen LogP contribution in [0.25, 0.3) is 22.6 Å². The highest BCUT2D eigenvalue weighted by molar-refractivity contribution is 6.34. The van der Waals surface area contributed by atoms with Crippen LogP contribution in [0.15, 0.2) is 52.9 Å². The Morgan fingerprint density at radius 3 is 2.32 bits per heavy atom. The van der Waals surface area contributed by atoms with Crippen molar-refractivity contribution in [3.05, 3.63) is 69.2 Å². The Bertz CT molecular complexity index is 1390. The molecule has 34 heavy (non-hydrogen) atoms. The minimum atomic E-state index is -0.586. The van der Waals surface area contributed by atoms with Crippen molar-refractivity contribution in [2.75, 3.05) is 26.6 Å². The number of nitro benzene ring substituents is 1. The Morgan fingerprint density at radius 1 is 1.03 bits per heavy atom. The summed E-state index contributed by atoms with van der Waals surface area (Å²) in [5.74, 6) is 1.14. The van der Waals surface area contributed by atoms with Crippen LogP contribution in [0.2, 0.25) is 5.02 Å². The number of halogens is 1. The average Bonchev–Trinajstić information content (AvgIpc) is 3.26. The molecule has 3 aromatic carbocycles. The molecule has 0 atom stereocenters. The number of non-ortho nitro benzene ring substituents is 1. The van der Waals surface area contributed by atoms with Gasteiger partial charge in [0, 0.05) is 23.4 Å². The molecule has 1 amide bonds. The first kappa shape index (κ1) is 22.9. The minimum absolute atomic E-state index is 0.0288. The van der Waals surface area contributed by atoms with Gasteiger partial charge in [0.15, 0.2) is 17.1 Å². The quantitative estimate of drug-likeness (QED) is 0.276. The number of fused-ring (bicyclic) bond motifs is 1. The van der Waals surface area contributed by atoms with Gasteiger partial charge in [-0.15, -0.1) is 0 Å². The van der Waals surface area contributed by atoms with E-state index in [1.165, 1.54) is 33.5 Å². The van der Waals surface area contributed by atoms with Crippen LogP contribution in [-0.2, 0) is 0 Å². The lowest BCUT2D eigenvalue weighted by Gasteiger charge is -2.12. The van der Waals surface area contributed by atoms with Crippen LogP contribution in [0.4, 0.5) is 11.4 Å². The van der Waals surface area contributed by atoms with Crippen LogP contribution >= 0.6 is 11.6 Å². The zero-order valence-electron chi connectivity index (χ0n) is 18.2. The first-order chi connectivity index (χ1) is 16.3. The van der Waals surface area contributed by atoms with Crippen molar-refractivity contribution >= 4 is 40.0 Å². The maximum atomic E-state index is 12.6. The number of carbonyl (C=O) groups is 1. The number of nitrogens with one attached hydrogen (secondary N) is 1. The van der Waals surface area contributed by atoms with E-state index in [4.69, 9.17) is 30.2 Å². The van der Waals surface area contributed by atoms with Gasteiger partial charge in [-0.25, -0.2) is 4.98 Å². The molecule has 0 fully saturated rings. The Hall–Kier alpha value is -4.31. The van der Waals surface area contributed by atoms with Crippen molar-refractivity contribution in [3.8, 4) is 28.7 Å². The van der Waals surface area contributed by atoms with Gasteiger partial charge in [0.2, 0.25) is 11.6 Å². The molecule has 11 heteroatoms. The number of methoxy groups -OCH3 is 3. The van der Waals surface area contributed by atoms with Crippen molar-refractivity contribution in [3.63, 3.8) is 0 Å². The monoisotopic (exact) mass is 483 g/mol. The van der Waals surface area contributed by atoms with Gasteiger partial charge in [0.25, 0.3) is 11.6 Å². The van der Waals surface area contributed by atoms with E-state index in [2.05, 4.69) is 10.3 Å². The molecule has 1 N–H and O–H groups in total. The predicted molar refractivity (Wildman–Crippen MR) is 125 cm³/mol. The number of nitro groups is 1. The molecule has 0 radical (unpaired) electrons. The smallest absolute Gasteiger partial charge is 0.270 e. The van der Waals surface area contributed by atoms with Gasteiger partial charge in [-0.1, -0.05) is 11.6 Å². The van der Waals surface area contributed by atoms with E-state index in [0.29, 0.717) is 45.5 Å². The molecular formula is C23H18ClN3O7. The number of rotatable bonds is 7. The Kier molecular flexibility index (Phi) is 6.24. The lowest BCUT2D eigenvalue weighted by molar-refractivity contribution is -0.384. The summed E-state index contributed by atoms with van der Waals surface area (Å²) in [4.78, 5) is 27.4. The van der Waals surface area contributed by atoms with E-state index in [1.54, 1.807) is 30.3 Å². The van der Waals surface area contributed by atoms with E-state index < -0.39 is 10.8 Å². The number of hydrogen-bond donors (Lipinski definition) is 1. The molecule has 4 rings (SSSR count). The molecule has 0 bridgehead atoms. The molecule has 0 aliphatic rings. The third kappa shape index (κ3) is 4.30. The van der Waals surface area contributed by atoms with Gasteiger partial charge in [-0.2, -0.15) is 0 Å². The number of amides is 1. The number of hydrogen-bond acceptors (Lipinski definition) is 8. The Morgan fingerprint density at radius 2 is 1.74 bits per heavy atom. The summed E-state index contributed by atoms with van der Waals surface area (Å²) < 4.78 is 22.0. The summed E-state index contributed by atoms with van der Waals surface area (Å²) in [6, 6.07) is 12.0. The van der Waals surface area contributed by atoms with Gasteiger partial charge in [0.05, 0.1) is 36.8 Å². The van der Waals surface area contributed by atoms with Crippen LogP contribution in [0.5, 0.6) is 17.2 Å². The lowest BCUT2D eigenvalue weighted by Crippen LogP contribution is -2.12. The third-order valence-corrected chi connectivity index (χ3v) is 5.28. The van der Waals surface area contributed by atoms with Gasteiger partial charge in [-0.3, -0.25) is 14.9 Å². The molecule has 0 aliphatic heterocycles. The molecule has 1 aromatic heterocycles. The molecular weight excluding hydrogens is 466 g/mol. The van der Waals surface area contributed by atoms with E-state index in [9.17, 15) is 14.9 Å². The SMILES string of the molecule is COc1cc(-c2nc3cc(NC(=O)c4ccc([N+](=O)[O-])cc4Cl)ccc3o2)cc(OC)c1OC. The van der Waals surface area contributed by atoms with E-state index in [-0.39, 0.29) is 16.3 Å². The largest absolute Gasteiger partial charge is 0.493 e. The van der Waals surface area contributed by atoms with Crippen LogP contribution < -0.4 is 19.5 Å². The first-order valence-electron chi connectivity index (χ1n) is 9.81. The van der Waals surface area contributed by atoms with E-state index in [1.807, 2.05) is 0 Å². The normalized spacial score (nSPS) is 10.7. The molecule has 0 aliphatic carbocycles. The molecule has 4 aromatic rings. The highest BCUT2D eigenvalue weighted by Gasteiger charge is 2.19. The maximum absolute atomic E-state index is 12.6. The summed E-state index contributed by atoms with van der Waals surface area (Å²) in [7, 11) is 4.54. The first-order valence-corrected chi connectivity index (χ1v) is 10.2. The number of nitrogens with zero attached hydrogens (tertiary/aromatic N) is 2. The van der Waals surface area contributed by atoms with E-state index >= 15 is 0 Å². The highest BCUT2D eigenvalue weighted by atomic mass is 35.5. The maximum Gasteiger partial charge on any atom is 0.270 e. The standard InChI is InChI=1S/C23H18ClN3O7/c1-31-19-8-12(9-20(32-2)21(19)33-3)23-26-17-10-13(4-7-18(17)34-23)25-22(28)15-6-5-14(27(29)30)11-16(15)24/h4-11H,1-3H3,(H,25,28). The lowest BCUT2D eigenvalue weighted by atomic mass is 10.2. The summed E-state index contributed by atoms with van der Waals surface area (Å²) in [6.45, 7) is 0. The summed E-state index contributed by atoms with van der Waals surface area (Å²) in [6.07, 6.45) is 0. The fraction of sp³-hybridized carbons (Fsp3) is 0.130. The molecule has 1 heterocycles. The molecule has 10 nitrogen and oxygen atoms in total. The number of oxazole rings is 1. The Balaban J connectivity index is 1.63. The summed E-state index contributed by atoms with van der Waals surface area (Å²) in [5, 5.41) is 13.5. The number of ether oxygens (including phenoxy) is 3. The third-order valence-electron chi connectivity index (χ3n) is 4.97. The average molecular weight is 484 g/mol.